The highest BCUT2D eigenvalue weighted by molar-refractivity contribution is 6.23. The van der Waals surface area contributed by atoms with Crippen LogP contribution in [0.3, 0.4) is 0 Å². The first kappa shape index (κ1) is 24.9. The van der Waals surface area contributed by atoms with Crippen molar-refractivity contribution in [3.8, 4) is 33.4 Å². The second kappa shape index (κ2) is 9.16. The molecule has 43 heavy (non-hydrogen) atoms. The van der Waals surface area contributed by atoms with Crippen LogP contribution in [0.1, 0.15) is 47.9 Å². The average Bonchev–Trinajstić information content (AvgIpc) is 3.66. The normalized spacial score (nSPS) is 15.0. The largest absolute Gasteiger partial charge is 0.0619 e. The van der Waals surface area contributed by atoms with Gasteiger partial charge in [-0.15, -0.1) is 0 Å². The maximum Gasteiger partial charge on any atom is 0.0215 e. The first-order chi connectivity index (χ1) is 21.1. The van der Waals surface area contributed by atoms with Crippen molar-refractivity contribution < 1.29 is 0 Å². The minimum atomic E-state index is 0.169. The molecular weight excluding hydrogens is 516 g/mol. The molecule has 2 aliphatic carbocycles. The molecule has 206 valence electrons. The number of aryl methyl sites for hydroxylation is 2. The lowest BCUT2D eigenvalue weighted by atomic mass is 9.76. The minimum absolute atomic E-state index is 0.169. The molecule has 0 aliphatic heterocycles. The van der Waals surface area contributed by atoms with E-state index in [9.17, 15) is 0 Å². The van der Waals surface area contributed by atoms with E-state index in [0.29, 0.717) is 0 Å². The maximum atomic E-state index is 2.56. The van der Waals surface area contributed by atoms with Crippen LogP contribution in [-0.2, 0) is 5.41 Å². The topological polar surface area (TPSA) is 0 Å². The van der Waals surface area contributed by atoms with Gasteiger partial charge in [0.25, 0.3) is 0 Å². The van der Waals surface area contributed by atoms with Crippen molar-refractivity contribution in [3.05, 3.63) is 144 Å². The predicted molar refractivity (Wildman–Crippen MR) is 184 cm³/mol. The highest BCUT2D eigenvalue weighted by Gasteiger charge is 2.44. The number of rotatable bonds is 2. The number of benzene rings is 7. The molecule has 7 aromatic carbocycles. The first-order valence-electron chi connectivity index (χ1n) is 15.8. The Labute approximate surface area is 253 Å². The Morgan fingerprint density at radius 2 is 0.930 bits per heavy atom. The van der Waals surface area contributed by atoms with Gasteiger partial charge >= 0.3 is 0 Å². The Bertz CT molecular complexity index is 2260. The van der Waals surface area contributed by atoms with Gasteiger partial charge in [0.1, 0.15) is 0 Å². The lowest BCUT2D eigenvalue weighted by Gasteiger charge is -2.27. The van der Waals surface area contributed by atoms with Gasteiger partial charge in [-0.2, -0.15) is 0 Å². The van der Waals surface area contributed by atoms with Crippen LogP contribution in [0.4, 0.5) is 0 Å². The van der Waals surface area contributed by atoms with Crippen molar-refractivity contribution in [1.82, 2.24) is 0 Å². The van der Waals surface area contributed by atoms with Crippen LogP contribution in [0.2, 0.25) is 0 Å². The molecule has 7 aromatic rings. The summed E-state index contributed by atoms with van der Waals surface area (Å²) in [7, 11) is 0. The quantitative estimate of drug-likeness (QED) is 0.188. The van der Waals surface area contributed by atoms with Crippen molar-refractivity contribution >= 4 is 32.3 Å². The lowest BCUT2D eigenvalue weighted by molar-refractivity contribution is 0.550. The van der Waals surface area contributed by atoms with Gasteiger partial charge in [0.15, 0.2) is 0 Å². The molecule has 0 bridgehead atoms. The molecule has 0 aromatic heterocycles. The SMILES string of the molecule is Cc1ccc(-c2cc3c4ccccc4c(-c4ccc5c(c4)C4(CCCC4)c4ccccc4-5)cc3c3ccccc23)cc1C. The second-order valence-corrected chi connectivity index (χ2v) is 12.9. The fourth-order valence-electron chi connectivity index (χ4n) is 8.48. The van der Waals surface area contributed by atoms with Crippen LogP contribution >= 0.6 is 0 Å². The Morgan fingerprint density at radius 3 is 1.58 bits per heavy atom. The van der Waals surface area contributed by atoms with Gasteiger partial charge in [-0.05, 0) is 133 Å². The Morgan fingerprint density at radius 1 is 0.395 bits per heavy atom. The highest BCUT2D eigenvalue weighted by atomic mass is 14.5. The van der Waals surface area contributed by atoms with E-state index in [1.165, 1.54) is 103 Å². The maximum absolute atomic E-state index is 2.56. The van der Waals surface area contributed by atoms with E-state index in [4.69, 9.17) is 0 Å². The summed E-state index contributed by atoms with van der Waals surface area (Å²) in [5, 5.41) is 7.94. The molecule has 9 rings (SSSR count). The van der Waals surface area contributed by atoms with Gasteiger partial charge in [0.2, 0.25) is 0 Å². The van der Waals surface area contributed by atoms with Crippen LogP contribution in [0, 0.1) is 13.8 Å². The Kier molecular flexibility index (Phi) is 5.30. The molecule has 0 radical (unpaired) electrons. The van der Waals surface area contributed by atoms with Gasteiger partial charge < -0.3 is 0 Å². The van der Waals surface area contributed by atoms with Crippen molar-refractivity contribution in [3.63, 3.8) is 0 Å². The lowest BCUT2D eigenvalue weighted by Crippen LogP contribution is -2.20. The van der Waals surface area contributed by atoms with Crippen molar-refractivity contribution in [2.24, 2.45) is 0 Å². The smallest absolute Gasteiger partial charge is 0.0215 e. The molecule has 1 fully saturated rings. The van der Waals surface area contributed by atoms with E-state index in [0.717, 1.165) is 0 Å². The van der Waals surface area contributed by atoms with Gasteiger partial charge in [-0.3, -0.25) is 0 Å². The summed E-state index contributed by atoms with van der Waals surface area (Å²) in [5.41, 5.74) is 14.1. The number of fused-ring (bicyclic) bond motifs is 10. The minimum Gasteiger partial charge on any atom is -0.0619 e. The fourth-order valence-corrected chi connectivity index (χ4v) is 8.48. The molecule has 2 aliphatic rings. The van der Waals surface area contributed by atoms with E-state index >= 15 is 0 Å². The van der Waals surface area contributed by atoms with E-state index in [-0.39, 0.29) is 5.41 Å². The zero-order valence-corrected chi connectivity index (χ0v) is 24.9. The average molecular weight is 551 g/mol. The first-order valence-corrected chi connectivity index (χ1v) is 15.8. The zero-order valence-electron chi connectivity index (χ0n) is 24.9. The van der Waals surface area contributed by atoms with Gasteiger partial charge in [-0.25, -0.2) is 0 Å². The molecule has 0 atom stereocenters. The van der Waals surface area contributed by atoms with Crippen LogP contribution in [-0.4, -0.2) is 0 Å². The standard InChI is InChI=1S/C43H34/c1-27-17-18-29(23-28(27)2)37-25-39-34-14-6-4-12-32(34)38(26-40(39)33-13-5-3-11-31(33)37)30-19-20-36-35-15-7-8-16-41(35)43(42(36)24-30)21-9-10-22-43/h3-8,11-20,23-26H,9-10,21-22H2,1-2H3. The molecule has 0 N–H and O–H groups in total. The third-order valence-electron chi connectivity index (χ3n) is 10.7. The monoisotopic (exact) mass is 550 g/mol. The number of hydrogen-bond acceptors (Lipinski definition) is 0. The van der Waals surface area contributed by atoms with Crippen LogP contribution in [0.15, 0.2) is 121 Å². The molecule has 0 amide bonds. The summed E-state index contributed by atoms with van der Waals surface area (Å²) in [6.45, 7) is 4.41. The van der Waals surface area contributed by atoms with Gasteiger partial charge in [0, 0.05) is 5.41 Å². The molecule has 0 unspecified atom stereocenters. The Hall–Kier alpha value is -4.68. The molecule has 1 spiro atoms. The van der Waals surface area contributed by atoms with Crippen molar-refractivity contribution in [2.75, 3.05) is 0 Å². The molecule has 1 saturated carbocycles. The van der Waals surface area contributed by atoms with E-state index in [1.807, 2.05) is 0 Å². The molecule has 0 heteroatoms. The van der Waals surface area contributed by atoms with Crippen LogP contribution in [0.25, 0.3) is 65.7 Å². The summed E-state index contributed by atoms with van der Waals surface area (Å²) in [4.78, 5) is 0. The third-order valence-corrected chi connectivity index (χ3v) is 10.7. The third kappa shape index (κ3) is 3.50. The summed E-state index contributed by atoms with van der Waals surface area (Å²) >= 11 is 0. The highest BCUT2D eigenvalue weighted by Crippen LogP contribution is 2.57. The molecule has 0 heterocycles. The fraction of sp³-hybridized carbons (Fsp3) is 0.163. The zero-order chi connectivity index (χ0) is 28.7. The summed E-state index contributed by atoms with van der Waals surface area (Å²) in [6.07, 6.45) is 5.13. The van der Waals surface area contributed by atoms with Gasteiger partial charge in [-0.1, -0.05) is 116 Å². The van der Waals surface area contributed by atoms with Crippen molar-refractivity contribution in [1.29, 1.82) is 0 Å². The predicted octanol–water partition coefficient (Wildman–Crippen LogP) is 11.9. The second-order valence-electron chi connectivity index (χ2n) is 12.9. The Balaban J connectivity index is 1.33. The van der Waals surface area contributed by atoms with Gasteiger partial charge in [0.05, 0.1) is 0 Å². The van der Waals surface area contributed by atoms with E-state index in [1.54, 1.807) is 11.1 Å². The van der Waals surface area contributed by atoms with E-state index < -0.39 is 0 Å². The van der Waals surface area contributed by atoms with E-state index in [2.05, 4.69) is 135 Å². The van der Waals surface area contributed by atoms with Crippen LogP contribution in [0.5, 0.6) is 0 Å². The summed E-state index contributed by atoms with van der Waals surface area (Å²) < 4.78 is 0. The number of hydrogen-bond donors (Lipinski definition) is 0. The van der Waals surface area contributed by atoms with Crippen molar-refractivity contribution in [2.45, 2.75) is 44.9 Å². The van der Waals surface area contributed by atoms with Crippen LogP contribution < -0.4 is 0 Å². The summed E-state index contributed by atoms with van der Waals surface area (Å²) in [6, 6.07) is 46.4. The molecule has 0 nitrogen and oxygen atoms in total. The molecule has 0 saturated heterocycles. The molecular formula is C43H34. The summed E-state index contributed by atoms with van der Waals surface area (Å²) in [5.74, 6) is 0.